The first-order valence-electron chi connectivity index (χ1n) is 8.24. The van der Waals surface area contributed by atoms with Crippen LogP contribution in [-0.4, -0.2) is 29.6 Å². The van der Waals surface area contributed by atoms with E-state index in [0.29, 0.717) is 0 Å². The molecule has 0 unspecified atom stereocenters. The fourth-order valence-electron chi connectivity index (χ4n) is 2.59. The highest BCUT2D eigenvalue weighted by molar-refractivity contribution is 8.00. The Bertz CT molecular complexity index is 964. The number of fused-ring (bicyclic) bond motifs is 1. The van der Waals surface area contributed by atoms with Gasteiger partial charge >= 0.3 is 0 Å². The van der Waals surface area contributed by atoms with Crippen molar-refractivity contribution in [2.24, 2.45) is 0 Å². The predicted octanol–water partition coefficient (Wildman–Crippen LogP) is 5.28. The first-order chi connectivity index (χ1) is 13.3. The maximum absolute atomic E-state index is 5.22. The maximum Gasteiger partial charge on any atom is 0.127 e. The van der Waals surface area contributed by atoms with Crippen LogP contribution in [0, 0.1) is 0 Å². The lowest BCUT2D eigenvalue weighted by molar-refractivity contribution is 0.414. The summed E-state index contributed by atoms with van der Waals surface area (Å²) in [4.78, 5) is 4.39. The molecule has 136 valence electrons. The molecule has 0 aliphatic rings. The maximum atomic E-state index is 5.22. The summed E-state index contributed by atoms with van der Waals surface area (Å²) < 4.78 is 10.4. The molecule has 5 nitrogen and oxygen atoms in total. The fraction of sp³-hybridized carbons (Fsp3) is 0.100. The van der Waals surface area contributed by atoms with E-state index in [2.05, 4.69) is 27.5 Å². The van der Waals surface area contributed by atoms with Gasteiger partial charge in [-0.2, -0.15) is 0 Å². The third-order valence-electron chi connectivity index (χ3n) is 3.99. The van der Waals surface area contributed by atoms with E-state index >= 15 is 0 Å². The molecule has 0 aliphatic carbocycles. The third-order valence-corrected chi connectivity index (χ3v) is 6.11. The normalized spacial score (nSPS) is 10.9. The van der Waals surface area contributed by atoms with E-state index in [1.54, 1.807) is 37.7 Å². The molecule has 0 fully saturated rings. The lowest BCUT2D eigenvalue weighted by Crippen LogP contribution is -1.84. The fourth-order valence-corrected chi connectivity index (χ4v) is 4.40. The molecule has 0 amide bonds. The van der Waals surface area contributed by atoms with Gasteiger partial charge in [-0.05, 0) is 60.7 Å². The Morgan fingerprint density at radius 1 is 0.704 bits per heavy atom. The summed E-state index contributed by atoms with van der Waals surface area (Å²) >= 11 is 3.33. The van der Waals surface area contributed by atoms with Crippen LogP contribution in [0.25, 0.3) is 11.0 Å². The van der Waals surface area contributed by atoms with Crippen LogP contribution in [0.3, 0.4) is 0 Å². The Labute approximate surface area is 165 Å². The number of nitrogens with zero attached hydrogens (tertiary/aromatic N) is 2. The first-order valence-corrected chi connectivity index (χ1v) is 9.87. The monoisotopic (exact) mass is 395 g/mol. The van der Waals surface area contributed by atoms with Gasteiger partial charge in [-0.3, -0.25) is 5.10 Å². The van der Waals surface area contributed by atoms with Crippen LogP contribution in [0.5, 0.6) is 11.5 Å². The van der Waals surface area contributed by atoms with E-state index in [1.165, 1.54) is 0 Å². The average Bonchev–Trinajstić information content (AvgIpc) is 3.21. The highest BCUT2D eigenvalue weighted by Gasteiger charge is 2.12. The van der Waals surface area contributed by atoms with E-state index in [9.17, 15) is 0 Å². The van der Waals surface area contributed by atoms with Crippen molar-refractivity contribution in [2.45, 2.75) is 19.6 Å². The minimum atomic E-state index is 0.845. The molecule has 0 atom stereocenters. The van der Waals surface area contributed by atoms with Crippen molar-refractivity contribution >= 4 is 34.6 Å². The van der Waals surface area contributed by atoms with Crippen LogP contribution in [0.2, 0.25) is 0 Å². The molecule has 4 aromatic rings. The number of methoxy groups -OCH3 is 2. The number of benzene rings is 3. The van der Waals surface area contributed by atoms with Gasteiger partial charge in [-0.25, -0.2) is 0 Å². The molecule has 1 N–H and O–H groups in total. The molecule has 0 aliphatic heterocycles. The van der Waals surface area contributed by atoms with Gasteiger partial charge in [0.1, 0.15) is 22.5 Å². The summed E-state index contributed by atoms with van der Waals surface area (Å²) in [5.74, 6) is 1.69. The molecule has 0 spiro atoms. The Hall–Kier alpha value is -2.64. The van der Waals surface area contributed by atoms with Crippen molar-refractivity contribution in [2.75, 3.05) is 14.2 Å². The topological polar surface area (TPSA) is 60.0 Å². The molecule has 0 radical (unpaired) electrons. The molecule has 3 aromatic carbocycles. The standard InChI is InChI=1S/C20H17N3O2S2/c1-24-13-3-7-15(8-4-13)26-17-11-12-18(20-19(17)21-23-22-20)27-16-9-5-14(25-2)6-10-16/h3-12H,1-2H3,(H,21,22,23). The second-order valence-corrected chi connectivity index (χ2v) is 7.88. The van der Waals surface area contributed by atoms with Gasteiger partial charge in [0.05, 0.1) is 14.2 Å². The Morgan fingerprint density at radius 2 is 1.22 bits per heavy atom. The third kappa shape index (κ3) is 3.89. The molecule has 4 rings (SSSR count). The average molecular weight is 396 g/mol. The van der Waals surface area contributed by atoms with E-state index in [4.69, 9.17) is 9.47 Å². The van der Waals surface area contributed by atoms with Crippen LogP contribution in [0.1, 0.15) is 0 Å². The number of H-pyrrole nitrogens is 1. The number of hydrogen-bond donors (Lipinski definition) is 1. The number of hydrogen-bond acceptors (Lipinski definition) is 6. The van der Waals surface area contributed by atoms with Crippen molar-refractivity contribution in [3.05, 3.63) is 60.7 Å². The molecule has 7 heteroatoms. The highest BCUT2D eigenvalue weighted by atomic mass is 32.2. The second kappa shape index (κ2) is 7.94. The zero-order valence-electron chi connectivity index (χ0n) is 14.8. The van der Waals surface area contributed by atoms with Gasteiger partial charge in [0.2, 0.25) is 0 Å². The second-order valence-electron chi connectivity index (χ2n) is 5.65. The molecule has 27 heavy (non-hydrogen) atoms. The van der Waals surface area contributed by atoms with Gasteiger partial charge in [0.25, 0.3) is 0 Å². The van der Waals surface area contributed by atoms with E-state index in [0.717, 1.165) is 42.1 Å². The SMILES string of the molecule is COc1ccc(Sc2ccc(Sc3ccc(OC)cc3)c3[nH]nnc23)cc1. The van der Waals surface area contributed by atoms with Gasteiger partial charge in [0.15, 0.2) is 0 Å². The zero-order chi connectivity index (χ0) is 18.6. The molecular formula is C20H17N3O2S2. The van der Waals surface area contributed by atoms with Gasteiger partial charge < -0.3 is 9.47 Å². The number of aromatic nitrogens is 3. The van der Waals surface area contributed by atoms with Gasteiger partial charge in [0, 0.05) is 19.6 Å². The number of aromatic amines is 1. The minimum absolute atomic E-state index is 0.845. The molecule has 0 saturated carbocycles. The number of nitrogens with one attached hydrogen (secondary N) is 1. The lowest BCUT2D eigenvalue weighted by atomic mass is 10.3. The van der Waals surface area contributed by atoms with Crippen molar-refractivity contribution in [3.63, 3.8) is 0 Å². The van der Waals surface area contributed by atoms with Gasteiger partial charge in [-0.15, -0.1) is 5.10 Å². The van der Waals surface area contributed by atoms with Crippen molar-refractivity contribution in [3.8, 4) is 11.5 Å². The lowest BCUT2D eigenvalue weighted by Gasteiger charge is -2.07. The van der Waals surface area contributed by atoms with E-state index < -0.39 is 0 Å². The van der Waals surface area contributed by atoms with Crippen LogP contribution in [-0.2, 0) is 0 Å². The van der Waals surface area contributed by atoms with Gasteiger partial charge in [-0.1, -0.05) is 28.7 Å². The quantitative estimate of drug-likeness (QED) is 0.479. The minimum Gasteiger partial charge on any atom is -0.497 e. The predicted molar refractivity (Wildman–Crippen MR) is 108 cm³/mol. The van der Waals surface area contributed by atoms with Crippen molar-refractivity contribution < 1.29 is 9.47 Å². The number of rotatable bonds is 6. The summed E-state index contributed by atoms with van der Waals surface area (Å²) in [5, 5.41) is 11.3. The summed E-state index contributed by atoms with van der Waals surface area (Å²) in [6.07, 6.45) is 0. The molecular weight excluding hydrogens is 378 g/mol. The van der Waals surface area contributed by atoms with Crippen LogP contribution >= 0.6 is 23.5 Å². The number of ether oxygens (including phenoxy) is 2. The first kappa shape index (κ1) is 17.8. The van der Waals surface area contributed by atoms with E-state index in [1.807, 2.05) is 48.5 Å². The Balaban J connectivity index is 1.61. The highest BCUT2D eigenvalue weighted by Crippen LogP contribution is 2.38. The summed E-state index contributed by atoms with van der Waals surface area (Å²) in [7, 11) is 3.33. The summed E-state index contributed by atoms with van der Waals surface area (Å²) in [6, 6.07) is 20.2. The Kier molecular flexibility index (Phi) is 5.22. The van der Waals surface area contributed by atoms with Crippen molar-refractivity contribution in [1.82, 2.24) is 15.4 Å². The molecule has 0 saturated heterocycles. The van der Waals surface area contributed by atoms with E-state index in [-0.39, 0.29) is 0 Å². The van der Waals surface area contributed by atoms with Crippen LogP contribution in [0.4, 0.5) is 0 Å². The van der Waals surface area contributed by atoms with Crippen LogP contribution in [0.15, 0.2) is 80.2 Å². The summed E-state index contributed by atoms with van der Waals surface area (Å²) in [6.45, 7) is 0. The smallest absolute Gasteiger partial charge is 0.127 e. The summed E-state index contributed by atoms with van der Waals surface area (Å²) in [5.41, 5.74) is 1.81. The molecule has 0 bridgehead atoms. The van der Waals surface area contributed by atoms with Crippen LogP contribution < -0.4 is 9.47 Å². The zero-order valence-corrected chi connectivity index (χ0v) is 16.4. The molecule has 1 aromatic heterocycles. The van der Waals surface area contributed by atoms with Crippen molar-refractivity contribution in [1.29, 1.82) is 0 Å². The largest absolute Gasteiger partial charge is 0.497 e. The Morgan fingerprint density at radius 3 is 1.78 bits per heavy atom. The molecule has 1 heterocycles.